The zero-order chi connectivity index (χ0) is 43.2. The quantitative estimate of drug-likeness (QED) is 0.0960. The number of allylic oxidation sites excluding steroid dienone is 1. The summed E-state index contributed by atoms with van der Waals surface area (Å²) in [6.45, 7) is 13.6. The molecule has 3 heterocycles. The molecule has 0 saturated carbocycles. The van der Waals surface area contributed by atoms with Gasteiger partial charge in [-0.25, -0.2) is 0 Å². The molecule has 1 aliphatic carbocycles. The van der Waals surface area contributed by atoms with Gasteiger partial charge in [0.25, 0.3) is 0 Å². The van der Waals surface area contributed by atoms with Crippen molar-refractivity contribution in [3.8, 4) is 28.7 Å². The number of phenolic OH excluding ortho intramolecular Hbond substituents is 1. The van der Waals surface area contributed by atoms with Crippen LogP contribution in [-0.4, -0.2) is 53.8 Å². The topological polar surface area (TPSA) is 142 Å². The van der Waals surface area contributed by atoms with Crippen molar-refractivity contribution < 1.29 is 48.0 Å². The lowest BCUT2D eigenvalue weighted by Gasteiger charge is -2.03. The summed E-state index contributed by atoms with van der Waals surface area (Å²) in [4.78, 5) is 55.7. The third-order valence-electron chi connectivity index (χ3n) is 9.89. The largest absolute Gasteiger partial charge is 0.508 e. The number of rotatable bonds is 7. The second-order valence-corrected chi connectivity index (χ2v) is 14.0. The Hall–Kier alpha value is -7.07. The van der Waals surface area contributed by atoms with E-state index in [9.17, 15) is 24.0 Å². The molecule has 0 aromatic heterocycles. The Morgan fingerprint density at radius 1 is 0.600 bits per heavy atom. The van der Waals surface area contributed by atoms with Crippen molar-refractivity contribution in [2.24, 2.45) is 0 Å². The summed E-state index contributed by atoms with van der Waals surface area (Å²) in [5, 5.41) is 8.91. The highest BCUT2D eigenvalue weighted by molar-refractivity contribution is 6.06. The van der Waals surface area contributed by atoms with Crippen LogP contribution in [-0.2, 0) is 25.7 Å². The van der Waals surface area contributed by atoms with Gasteiger partial charge in [-0.1, -0.05) is 67.8 Å². The molecule has 0 saturated heterocycles. The molecule has 5 aromatic carbocycles. The Kier molecular flexibility index (Phi) is 15.5. The number of fused-ring (bicyclic) bond motifs is 5. The molecule has 0 atom stereocenters. The van der Waals surface area contributed by atoms with E-state index in [-0.39, 0.29) is 28.9 Å². The first-order valence-corrected chi connectivity index (χ1v) is 19.6. The molecule has 3 aliphatic heterocycles. The number of hydrogen-bond acceptors (Lipinski definition) is 10. The van der Waals surface area contributed by atoms with Gasteiger partial charge >= 0.3 is 0 Å². The molecule has 0 spiro atoms. The van der Waals surface area contributed by atoms with E-state index in [0.29, 0.717) is 42.3 Å². The van der Waals surface area contributed by atoms with E-state index in [4.69, 9.17) is 24.1 Å². The molecule has 10 nitrogen and oxygen atoms in total. The van der Waals surface area contributed by atoms with Crippen molar-refractivity contribution in [1.29, 1.82) is 0 Å². The number of phenols is 1. The third-order valence-corrected chi connectivity index (χ3v) is 9.89. The maximum atomic E-state index is 11.6. The van der Waals surface area contributed by atoms with Crippen LogP contribution >= 0.6 is 0 Å². The second kappa shape index (κ2) is 21.1. The molecule has 0 bridgehead atoms. The van der Waals surface area contributed by atoms with Gasteiger partial charge in [-0.2, -0.15) is 0 Å². The van der Waals surface area contributed by atoms with Crippen LogP contribution < -0.4 is 18.9 Å². The Labute approximate surface area is 350 Å². The van der Waals surface area contributed by atoms with Crippen molar-refractivity contribution >= 4 is 28.9 Å². The van der Waals surface area contributed by atoms with E-state index in [1.807, 2.05) is 48.5 Å². The zero-order valence-corrected chi connectivity index (χ0v) is 34.1. The van der Waals surface area contributed by atoms with Gasteiger partial charge in [0.2, 0.25) is 0 Å². The van der Waals surface area contributed by atoms with Crippen LogP contribution in [0.15, 0.2) is 123 Å². The molecule has 0 unspecified atom stereocenters. The van der Waals surface area contributed by atoms with Gasteiger partial charge in [0.05, 0.1) is 26.1 Å². The van der Waals surface area contributed by atoms with Gasteiger partial charge in [-0.15, -0.1) is 0 Å². The summed E-state index contributed by atoms with van der Waals surface area (Å²) in [5.41, 5.74) is 8.16. The van der Waals surface area contributed by atoms with Crippen LogP contribution in [0.5, 0.6) is 28.7 Å². The van der Waals surface area contributed by atoms with Crippen LogP contribution in [0.4, 0.5) is 0 Å². The summed E-state index contributed by atoms with van der Waals surface area (Å²) in [6, 6.07) is 28.5. The van der Waals surface area contributed by atoms with E-state index in [1.54, 1.807) is 43.3 Å². The number of aromatic hydroxyl groups is 1. The van der Waals surface area contributed by atoms with Gasteiger partial charge in [0, 0.05) is 70.2 Å². The number of ether oxygens (including phenoxy) is 4. The molecule has 1 N–H and O–H groups in total. The first-order chi connectivity index (χ1) is 28.9. The predicted octanol–water partition coefficient (Wildman–Crippen LogP) is 9.57. The fourth-order valence-electron chi connectivity index (χ4n) is 6.98. The van der Waals surface area contributed by atoms with Crippen molar-refractivity contribution in [3.05, 3.63) is 173 Å². The molecule has 60 heavy (non-hydrogen) atoms. The third kappa shape index (κ3) is 11.3. The van der Waals surface area contributed by atoms with Gasteiger partial charge < -0.3 is 24.1 Å². The number of benzene rings is 5. The Morgan fingerprint density at radius 3 is 1.68 bits per heavy atom. The predicted molar refractivity (Wildman–Crippen MR) is 229 cm³/mol. The average molecular weight is 809 g/mol. The molecule has 0 fully saturated rings. The fourth-order valence-corrected chi connectivity index (χ4v) is 6.98. The minimum atomic E-state index is -0.0316. The minimum Gasteiger partial charge on any atom is -0.508 e. The zero-order valence-electron chi connectivity index (χ0n) is 34.1. The molecular formula is C50H48O10. The first kappa shape index (κ1) is 44.0. The highest BCUT2D eigenvalue weighted by Gasteiger charge is 2.27. The number of carbonyl (C=O) groups is 5. The molecule has 0 amide bonds. The Morgan fingerprint density at radius 2 is 1.13 bits per heavy atom. The van der Waals surface area contributed by atoms with Crippen molar-refractivity contribution in [2.45, 2.75) is 52.9 Å². The maximum absolute atomic E-state index is 11.6. The van der Waals surface area contributed by atoms with E-state index in [2.05, 4.69) is 13.2 Å². The first-order valence-electron chi connectivity index (χ1n) is 19.6. The summed E-state index contributed by atoms with van der Waals surface area (Å²) in [5.74, 6) is 3.81. The monoisotopic (exact) mass is 808 g/mol. The molecule has 308 valence electrons. The lowest BCUT2D eigenvalue weighted by molar-refractivity contribution is 0.0988. The summed E-state index contributed by atoms with van der Waals surface area (Å²) in [6.07, 6.45) is 6.88. The molecule has 5 aromatic rings. The Bertz CT molecular complexity index is 2420. The van der Waals surface area contributed by atoms with Crippen LogP contribution in [0.2, 0.25) is 0 Å². The molecule has 0 radical (unpaired) electrons. The molecule has 9 rings (SSSR count). The number of carbonyl (C=O) groups excluding carboxylic acids is 5. The van der Waals surface area contributed by atoms with Crippen molar-refractivity contribution in [2.75, 3.05) is 19.8 Å². The fraction of sp³-hybridized carbons (Fsp3) is 0.220. The van der Waals surface area contributed by atoms with Gasteiger partial charge in [-0.05, 0) is 81.3 Å². The summed E-state index contributed by atoms with van der Waals surface area (Å²) < 4.78 is 21.1. The number of hydrogen-bond donors (Lipinski definition) is 1. The van der Waals surface area contributed by atoms with E-state index < -0.39 is 0 Å². The van der Waals surface area contributed by atoms with E-state index in [1.165, 1.54) is 43.9 Å². The highest BCUT2D eigenvalue weighted by Crippen LogP contribution is 2.35. The van der Waals surface area contributed by atoms with Crippen LogP contribution in [0, 0.1) is 0 Å². The van der Waals surface area contributed by atoms with Crippen LogP contribution in [0.1, 0.15) is 101 Å². The van der Waals surface area contributed by atoms with Crippen LogP contribution in [0.25, 0.3) is 0 Å². The molecule has 4 aliphatic rings. The molecule has 10 heteroatoms. The van der Waals surface area contributed by atoms with Crippen molar-refractivity contribution in [3.63, 3.8) is 0 Å². The Balaban J connectivity index is 0.000000143. The van der Waals surface area contributed by atoms with Gasteiger partial charge in [0.1, 0.15) is 28.7 Å². The van der Waals surface area contributed by atoms with Gasteiger partial charge in [-0.3, -0.25) is 24.0 Å². The second-order valence-electron chi connectivity index (χ2n) is 14.0. The lowest BCUT2D eigenvalue weighted by atomic mass is 10.0. The summed E-state index contributed by atoms with van der Waals surface area (Å²) in [7, 11) is 0. The lowest BCUT2D eigenvalue weighted by Crippen LogP contribution is -1.98. The minimum absolute atomic E-state index is 0.0256. The SMILES string of the molecule is C=CC(=O)c1cccc2c1CCO2.C=COc1cccc(C(C)=O)c1.CC(=O)c1cccc(O)c1.CC(=O)c1cccc2c1CCO2.O=C1CCc2ccc3c(c21)CCO3. The standard InChI is InChI=1S/2C11H10O2.2C10H10O2.C8H8O2/c12-9-3-1-7-2-4-10-8(11(7)9)5-6-13-10;1-2-10(12)8-4-3-5-11-9(8)6-7-13-11;1-7(11)8-3-2-4-10-9(8)5-6-12-10;1-3-12-10-6-4-5-9(7-10)8(2)11;1-6(9)7-3-2-4-8(10)5-7/h2,4H,1,3,5-6H2;2-5H,1,6-7H2;2-4H,5-6H2,1H3;3-7H,1H2,2H3;2-5,10H,1H3. The van der Waals surface area contributed by atoms with Gasteiger partial charge in [0.15, 0.2) is 28.9 Å². The highest BCUT2D eigenvalue weighted by atomic mass is 16.5. The van der Waals surface area contributed by atoms with E-state index in [0.717, 1.165) is 82.9 Å². The number of Topliss-reactive ketones (excluding diaryl/α,β-unsaturated/α-hetero) is 4. The number of aryl methyl sites for hydroxylation is 1. The van der Waals surface area contributed by atoms with Crippen molar-refractivity contribution in [1.82, 2.24) is 0 Å². The van der Waals surface area contributed by atoms with Crippen LogP contribution in [0.3, 0.4) is 0 Å². The number of ketones is 5. The summed E-state index contributed by atoms with van der Waals surface area (Å²) >= 11 is 0. The normalized spacial score (nSPS) is 12.9. The van der Waals surface area contributed by atoms with E-state index >= 15 is 0 Å². The maximum Gasteiger partial charge on any atom is 0.185 e. The smallest absolute Gasteiger partial charge is 0.185 e. The molecular weight excluding hydrogens is 761 g/mol. The average Bonchev–Trinajstić information content (AvgIpc) is 4.09.